The number of hydrogen-bond acceptors (Lipinski definition) is 4. The SMILES string of the molecule is CC(C)(C)OC(=O)N1CCC[C@H]1C(=O)N1CCc2c(-c3ccccc3)cc(C(=O)O)cc21. The van der Waals surface area contributed by atoms with Gasteiger partial charge in [0.25, 0.3) is 0 Å². The second-order valence-corrected chi connectivity index (χ2v) is 9.26. The molecule has 32 heavy (non-hydrogen) atoms. The van der Waals surface area contributed by atoms with E-state index < -0.39 is 23.7 Å². The van der Waals surface area contributed by atoms with E-state index in [-0.39, 0.29) is 11.5 Å². The highest BCUT2D eigenvalue weighted by Crippen LogP contribution is 2.39. The lowest BCUT2D eigenvalue weighted by Crippen LogP contribution is -2.48. The van der Waals surface area contributed by atoms with Crippen LogP contribution in [0.15, 0.2) is 42.5 Å². The van der Waals surface area contributed by atoms with Gasteiger partial charge in [0.15, 0.2) is 0 Å². The van der Waals surface area contributed by atoms with Crippen molar-refractivity contribution in [2.75, 3.05) is 18.0 Å². The van der Waals surface area contributed by atoms with Gasteiger partial charge in [-0.15, -0.1) is 0 Å². The summed E-state index contributed by atoms with van der Waals surface area (Å²) in [4.78, 5) is 41.2. The van der Waals surface area contributed by atoms with Crippen LogP contribution in [0.4, 0.5) is 10.5 Å². The Morgan fingerprint density at radius 2 is 1.78 bits per heavy atom. The third-order valence-corrected chi connectivity index (χ3v) is 5.87. The zero-order valence-corrected chi connectivity index (χ0v) is 18.6. The van der Waals surface area contributed by atoms with Gasteiger partial charge in [0.05, 0.1) is 5.56 Å². The molecule has 2 aromatic carbocycles. The fourth-order valence-electron chi connectivity index (χ4n) is 4.47. The van der Waals surface area contributed by atoms with Gasteiger partial charge in [0.2, 0.25) is 5.91 Å². The molecule has 0 bridgehead atoms. The lowest BCUT2D eigenvalue weighted by Gasteiger charge is -2.30. The van der Waals surface area contributed by atoms with Crippen LogP contribution < -0.4 is 4.90 Å². The lowest BCUT2D eigenvalue weighted by molar-refractivity contribution is -0.122. The smallest absolute Gasteiger partial charge is 0.410 e. The third-order valence-electron chi connectivity index (χ3n) is 5.87. The summed E-state index contributed by atoms with van der Waals surface area (Å²) in [5, 5.41) is 9.67. The van der Waals surface area contributed by atoms with E-state index in [1.165, 1.54) is 4.90 Å². The molecule has 7 nitrogen and oxygen atoms in total. The van der Waals surface area contributed by atoms with Crippen LogP contribution in [0.1, 0.15) is 49.5 Å². The van der Waals surface area contributed by atoms with Crippen LogP contribution in [0, 0.1) is 0 Å². The normalized spacial score (nSPS) is 17.9. The molecule has 2 aliphatic heterocycles. The average Bonchev–Trinajstić information content (AvgIpc) is 3.39. The van der Waals surface area contributed by atoms with Gasteiger partial charge >= 0.3 is 12.1 Å². The summed E-state index contributed by atoms with van der Waals surface area (Å²) in [6.07, 6.45) is 1.43. The Labute approximate surface area is 187 Å². The number of hydrogen-bond donors (Lipinski definition) is 1. The zero-order valence-electron chi connectivity index (χ0n) is 18.6. The van der Waals surface area contributed by atoms with Crippen molar-refractivity contribution in [3.05, 3.63) is 53.6 Å². The van der Waals surface area contributed by atoms with Gasteiger partial charge in [-0.3, -0.25) is 9.69 Å². The molecule has 0 unspecified atom stereocenters. The van der Waals surface area contributed by atoms with Crippen LogP contribution in [-0.2, 0) is 16.0 Å². The topological polar surface area (TPSA) is 87.2 Å². The summed E-state index contributed by atoms with van der Waals surface area (Å²) in [5.74, 6) is -1.23. The molecule has 0 aliphatic carbocycles. The summed E-state index contributed by atoms with van der Waals surface area (Å²) in [6, 6.07) is 12.2. The largest absolute Gasteiger partial charge is 0.478 e. The molecule has 0 saturated carbocycles. The van der Waals surface area contributed by atoms with Gasteiger partial charge < -0.3 is 14.7 Å². The summed E-state index contributed by atoms with van der Waals surface area (Å²) in [6.45, 7) is 6.32. The second kappa shape index (κ2) is 8.30. The molecule has 2 heterocycles. The predicted octanol–water partition coefficient (Wildman–Crippen LogP) is 4.34. The molecule has 2 aliphatic rings. The monoisotopic (exact) mass is 436 g/mol. The van der Waals surface area contributed by atoms with Gasteiger partial charge in [-0.2, -0.15) is 0 Å². The molecule has 2 aromatic rings. The van der Waals surface area contributed by atoms with Crippen molar-refractivity contribution in [2.45, 2.75) is 51.7 Å². The number of carbonyl (C=O) groups is 3. The quantitative estimate of drug-likeness (QED) is 0.773. The van der Waals surface area contributed by atoms with Gasteiger partial charge in [-0.25, -0.2) is 9.59 Å². The first kappa shape index (κ1) is 21.9. The number of benzene rings is 2. The van der Waals surface area contributed by atoms with E-state index in [1.54, 1.807) is 37.8 Å². The number of carbonyl (C=O) groups excluding carboxylic acids is 2. The molecule has 0 spiro atoms. The minimum Gasteiger partial charge on any atom is -0.478 e. The van der Waals surface area contributed by atoms with Crippen molar-refractivity contribution < 1.29 is 24.2 Å². The Morgan fingerprint density at radius 1 is 1.06 bits per heavy atom. The third kappa shape index (κ3) is 4.20. The van der Waals surface area contributed by atoms with E-state index in [9.17, 15) is 19.5 Å². The van der Waals surface area contributed by atoms with Crippen molar-refractivity contribution in [3.8, 4) is 11.1 Å². The molecule has 1 atom stereocenters. The fraction of sp³-hybridized carbons (Fsp3) is 0.400. The van der Waals surface area contributed by atoms with Crippen molar-refractivity contribution in [2.24, 2.45) is 0 Å². The standard InChI is InChI=1S/C25H28N2O5/c1-25(2,3)32-24(31)27-12-7-10-20(27)22(28)26-13-11-18-19(16-8-5-4-6-9-16)14-17(23(29)30)15-21(18)26/h4-6,8-9,14-15,20H,7,10-13H2,1-3H3,(H,29,30)/t20-/m0/s1. The van der Waals surface area contributed by atoms with Gasteiger partial charge in [0.1, 0.15) is 11.6 Å². The number of carboxylic acids is 1. The average molecular weight is 437 g/mol. The number of carboxylic acid groups (broad SMARTS) is 1. The van der Waals surface area contributed by atoms with E-state index >= 15 is 0 Å². The number of nitrogens with zero attached hydrogens (tertiary/aromatic N) is 2. The minimum absolute atomic E-state index is 0.137. The first-order valence-corrected chi connectivity index (χ1v) is 10.9. The number of fused-ring (bicyclic) bond motifs is 1. The Hall–Kier alpha value is -3.35. The maximum Gasteiger partial charge on any atom is 0.410 e. The highest BCUT2D eigenvalue weighted by Gasteiger charge is 2.41. The van der Waals surface area contributed by atoms with Crippen LogP contribution in [0.5, 0.6) is 0 Å². The highest BCUT2D eigenvalue weighted by atomic mass is 16.6. The number of likely N-dealkylation sites (tertiary alicyclic amines) is 1. The molecule has 0 radical (unpaired) electrons. The Balaban J connectivity index is 1.68. The first-order valence-electron chi connectivity index (χ1n) is 10.9. The molecule has 2 amide bonds. The number of rotatable bonds is 3. The van der Waals surface area contributed by atoms with Crippen LogP contribution in [0.3, 0.4) is 0 Å². The van der Waals surface area contributed by atoms with Gasteiger partial charge in [0, 0.05) is 18.8 Å². The Bertz CT molecular complexity index is 1060. The van der Waals surface area contributed by atoms with E-state index in [0.717, 1.165) is 23.1 Å². The maximum atomic E-state index is 13.5. The minimum atomic E-state index is -1.04. The molecule has 1 N–H and O–H groups in total. The number of amides is 2. The number of ether oxygens (including phenoxy) is 1. The molecule has 0 aromatic heterocycles. The molecule has 1 saturated heterocycles. The van der Waals surface area contributed by atoms with Crippen LogP contribution in [0.25, 0.3) is 11.1 Å². The Morgan fingerprint density at radius 3 is 2.44 bits per heavy atom. The van der Waals surface area contributed by atoms with E-state index in [1.807, 2.05) is 30.3 Å². The van der Waals surface area contributed by atoms with Crippen LogP contribution >= 0.6 is 0 Å². The molecular weight excluding hydrogens is 408 g/mol. The first-order chi connectivity index (χ1) is 15.2. The Kier molecular flexibility index (Phi) is 5.67. The van der Waals surface area contributed by atoms with E-state index in [2.05, 4.69) is 0 Å². The molecule has 7 heteroatoms. The van der Waals surface area contributed by atoms with Crippen molar-refractivity contribution >= 4 is 23.7 Å². The summed E-state index contributed by atoms with van der Waals surface area (Å²) < 4.78 is 5.50. The zero-order chi connectivity index (χ0) is 23.0. The van der Waals surface area contributed by atoms with Crippen molar-refractivity contribution in [1.82, 2.24) is 4.90 Å². The van der Waals surface area contributed by atoms with Gasteiger partial charge in [-0.05, 0) is 68.9 Å². The maximum absolute atomic E-state index is 13.5. The summed E-state index contributed by atoms with van der Waals surface area (Å²) in [5.41, 5.74) is 2.80. The van der Waals surface area contributed by atoms with Crippen LogP contribution in [-0.4, -0.2) is 52.7 Å². The number of aromatic carboxylic acids is 1. The number of anilines is 1. The highest BCUT2D eigenvalue weighted by molar-refractivity contribution is 6.03. The molecule has 168 valence electrons. The molecule has 4 rings (SSSR count). The van der Waals surface area contributed by atoms with E-state index in [0.29, 0.717) is 31.6 Å². The predicted molar refractivity (Wildman–Crippen MR) is 121 cm³/mol. The van der Waals surface area contributed by atoms with Gasteiger partial charge in [-0.1, -0.05) is 30.3 Å². The van der Waals surface area contributed by atoms with Crippen molar-refractivity contribution in [1.29, 1.82) is 0 Å². The van der Waals surface area contributed by atoms with Crippen molar-refractivity contribution in [3.63, 3.8) is 0 Å². The lowest BCUT2D eigenvalue weighted by atomic mass is 9.95. The fourth-order valence-corrected chi connectivity index (χ4v) is 4.47. The second-order valence-electron chi connectivity index (χ2n) is 9.26. The summed E-state index contributed by atoms with van der Waals surface area (Å²) >= 11 is 0. The molecular formula is C25H28N2O5. The molecule has 1 fully saturated rings. The van der Waals surface area contributed by atoms with Crippen LogP contribution in [0.2, 0.25) is 0 Å². The van der Waals surface area contributed by atoms with E-state index in [4.69, 9.17) is 4.74 Å². The summed E-state index contributed by atoms with van der Waals surface area (Å²) in [7, 11) is 0.